The van der Waals surface area contributed by atoms with Crippen molar-refractivity contribution in [1.29, 1.82) is 0 Å². The van der Waals surface area contributed by atoms with Crippen LogP contribution < -0.4 is 52.4 Å². The summed E-state index contributed by atoms with van der Waals surface area (Å²) in [6.45, 7) is -1.81. The number of aliphatic carboxylic acids is 2. The summed E-state index contributed by atoms with van der Waals surface area (Å²) in [4.78, 5) is 52.9. The van der Waals surface area contributed by atoms with Gasteiger partial charge in [-0.3, -0.25) is 59.3 Å². The first-order chi connectivity index (χ1) is 51.3. The number of ether oxygens (including phenoxy) is 15. The van der Waals surface area contributed by atoms with E-state index in [9.17, 15) is 81.6 Å². The number of amides is 3. The third-order valence-corrected chi connectivity index (χ3v) is 21.1. The van der Waals surface area contributed by atoms with E-state index in [0.717, 1.165) is 35.5 Å². The first kappa shape index (κ1) is 92.3. The van der Waals surface area contributed by atoms with Crippen molar-refractivity contribution >= 4 is 118 Å². The van der Waals surface area contributed by atoms with Gasteiger partial charge in [-0.05, 0) is 12.8 Å². The van der Waals surface area contributed by atoms with E-state index < -0.39 is 212 Å². The molecule has 13 unspecified atom stereocenters. The lowest BCUT2D eigenvalue weighted by atomic mass is 9.88. The molecule has 622 valence electrons. The molecule has 0 saturated carbocycles. The van der Waals surface area contributed by atoms with E-state index in [-0.39, 0.29) is 91.4 Å². The molecular weight excluding hydrogens is 1650 g/mol. The van der Waals surface area contributed by atoms with Crippen molar-refractivity contribution in [3.63, 3.8) is 0 Å². The van der Waals surface area contributed by atoms with Crippen LogP contribution in [0.5, 0.6) is 0 Å². The highest BCUT2D eigenvalue weighted by Gasteiger charge is 2.61. The van der Waals surface area contributed by atoms with Gasteiger partial charge in [-0.15, -0.1) is 21.7 Å². The van der Waals surface area contributed by atoms with Gasteiger partial charge in [0.25, 0.3) is 0 Å². The minimum atomic E-state index is -5.85. The topological polar surface area (TPSA) is 676 Å². The van der Waals surface area contributed by atoms with E-state index >= 15 is 0 Å². The van der Waals surface area contributed by atoms with Gasteiger partial charge in [-0.2, -0.15) is 11.8 Å². The highest BCUT2D eigenvalue weighted by atomic mass is 32.3. The average Bonchev–Trinajstić information content (AvgIpc) is 1.50. The molecule has 7 fully saturated rings. The van der Waals surface area contributed by atoms with Crippen molar-refractivity contribution < 1.29 is 229 Å². The van der Waals surface area contributed by atoms with Crippen LogP contribution in [-0.4, -0.2) is 283 Å². The highest BCUT2D eigenvalue weighted by Crippen LogP contribution is 2.43. The molecule has 0 aromatic carbocycles. The molecule has 0 aromatic heterocycles. The molecule has 7 saturated heterocycles. The van der Waals surface area contributed by atoms with E-state index in [0.29, 0.717) is 25.0 Å². The second-order valence-corrected chi connectivity index (χ2v) is 28.3. The third-order valence-electron chi connectivity index (χ3n) is 16.8. The maximum absolute atomic E-state index is 13.9. The number of hydrogen-bond acceptors (Lipinski definition) is 55. The minimum Gasteiger partial charge on any atom is -0.726 e. The molecule has 0 bridgehead atoms. The summed E-state index contributed by atoms with van der Waals surface area (Å²) >= 11 is 0.523. The monoisotopic (exact) mass is 1710 g/mol. The van der Waals surface area contributed by atoms with Crippen LogP contribution in [0, 0.1) is 5.92 Å². The molecule has 0 radical (unpaired) electrons. The number of hydrogen-bond donors (Lipinski definition) is 3. The van der Waals surface area contributed by atoms with Crippen LogP contribution in [0.1, 0.15) is 32.6 Å². The second-order valence-electron chi connectivity index (χ2n) is 22.5. The van der Waals surface area contributed by atoms with Gasteiger partial charge in [0.15, 0.2) is 105 Å². The van der Waals surface area contributed by atoms with E-state index in [1.807, 2.05) is 0 Å². The zero-order chi connectivity index (χ0) is 78.1. The lowest BCUT2D eigenvalue weighted by molar-refractivity contribution is -0.778. The number of carboxylic acids is 2. The van der Waals surface area contributed by atoms with Crippen LogP contribution in [0.15, 0.2) is 0 Å². The minimum absolute atomic E-state index is 0.0448. The summed E-state index contributed by atoms with van der Waals surface area (Å²) in [7, 11) is -5.14. The summed E-state index contributed by atoms with van der Waals surface area (Å²) in [6, 6.07) is -1.84. The Balaban J connectivity index is 1.21. The molecule has 107 heavy (non-hydrogen) atoms. The normalized spacial score (nSPS) is 36.9. The number of fused-ring (bicyclic) bond motifs is 1. The Morgan fingerprint density at radius 2 is 0.907 bits per heavy atom. The smallest absolute Gasteiger partial charge is 0.315 e. The molecule has 0 aromatic rings. The number of urea groups is 1. The number of carbonyl (C=O) groups excluding carboxylic acids is 4. The maximum Gasteiger partial charge on any atom is 0.315 e. The number of rotatable bonds is 49. The van der Waals surface area contributed by atoms with E-state index in [1.165, 1.54) is 14.0 Å². The molecule has 7 aliphatic heterocycles. The maximum atomic E-state index is 13.9. The molecule has 7 heterocycles. The summed E-state index contributed by atoms with van der Waals surface area (Å²) in [5, 5.41) is 107. The fourth-order valence-electron chi connectivity index (χ4n) is 12.4. The number of thioether (sulfide) groups is 1. The lowest BCUT2D eigenvalue weighted by Gasteiger charge is -2.52. The van der Waals surface area contributed by atoms with Gasteiger partial charge in [0.05, 0.1) is 56.0 Å². The summed E-state index contributed by atoms with van der Waals surface area (Å²) < 4.78 is 220. The van der Waals surface area contributed by atoms with Crippen LogP contribution >= 0.6 is 73.4 Å². The van der Waals surface area contributed by atoms with Gasteiger partial charge in [0.1, 0.15) is 91.6 Å². The molecule has 28 atom stereocenters. The standard InChI is InChI=1S/C47H77N3O49S8/c1-16-23(49-22(51)11-9-8-10-21-24-17(15-100-21)48-47(56)50-24)42(77-19(25(16)68-2)13-75-106(62,63)64)82-30-28(69-3)36(71-5)45(84-34(30)40(52)53)81-27-20(14-76-107(65,66)67)79-46(39(89-105-99-94-61)33(27)87-103-97-92-59)83-31-29(70-4)37(72-6)44(85-35(31)41(54)55)80-26-18(12-74-101-95-90-57)78-43(73-7)38(88-104-98-93-60)32(26)86-102-96-91-58/h16-21,23-39,42-46,57-61H,8-15H2,1-7H3,(H,49,51)(H,52,53)(H,54,55)(H2,48,50,56)(H,62,63,64)(H,65,66,67)/p-9/t16-,17?,18?,19?,20-,21?,23?,24?,25-,26+,27-,28+,29?,30-,31+,32+,33?,34?,35-,36?,37?,38?,39?,42+,43-,44+,45-,46-/m1/s1. The van der Waals surface area contributed by atoms with Crippen LogP contribution in [0.2, 0.25) is 0 Å². The van der Waals surface area contributed by atoms with Gasteiger partial charge in [-0.25, -0.2) is 21.6 Å². The molecule has 7 aliphatic rings. The first-order valence-corrected chi connectivity index (χ1v) is 37.4. The van der Waals surface area contributed by atoms with Crippen molar-refractivity contribution in [2.75, 3.05) is 68.2 Å². The molecule has 7 rings (SSSR count). The van der Waals surface area contributed by atoms with Gasteiger partial charge in [-0.1, -0.05) is 13.3 Å². The van der Waals surface area contributed by atoms with Gasteiger partial charge in [0, 0.05) is 66.0 Å². The van der Waals surface area contributed by atoms with Crippen molar-refractivity contribution in [2.24, 2.45) is 5.92 Å². The van der Waals surface area contributed by atoms with Gasteiger partial charge in [0.2, 0.25) is 26.7 Å². The highest BCUT2D eigenvalue weighted by molar-refractivity contribution is 8.00. The van der Waals surface area contributed by atoms with Crippen LogP contribution in [0.3, 0.4) is 0 Å². The zero-order valence-corrected chi connectivity index (χ0v) is 62.1. The Kier molecular flexibility index (Phi) is 39.7. The lowest BCUT2D eigenvalue weighted by Crippen LogP contribution is -2.70. The molecule has 3 amide bonds. The van der Waals surface area contributed by atoms with Crippen molar-refractivity contribution in [3.05, 3.63) is 0 Å². The SMILES string of the molecule is COC1C(OC)[C@H](O[C@H]2O[C@H](COS(=O)(=O)[O-])[C@@H](O[C@@H]3OC(C(=O)[O-])[C@H](O[C@@H]4OC(COS(=O)(=O)[O-])[C@H](OC)[C@H](C)C4NC(=O)CCCCC4SCC5NC(=O)NC54)[C@H](OC)C3OC)C(OSOO[O-])C2OSOO[O-])[C@H](C(=O)[O-])O[C@@H]1O[C@H]1C(COSOO[O-])O[C@@H](OC)C(OSOO[O-])[C@H]1OSOO[O-]. The molecule has 0 spiro atoms. The third kappa shape index (κ3) is 26.1. The second kappa shape index (κ2) is 46.0. The largest absolute Gasteiger partial charge is 0.726 e. The Hall–Kier alpha value is -1.88. The number of methoxy groups -OCH3 is 6. The Morgan fingerprint density at radius 1 is 0.495 bits per heavy atom. The van der Waals surface area contributed by atoms with Crippen LogP contribution in [0.25, 0.3) is 0 Å². The molecule has 60 heteroatoms. The average molecular weight is 1720 g/mol. The summed E-state index contributed by atoms with van der Waals surface area (Å²) in [5.74, 6) is -5.28. The van der Waals surface area contributed by atoms with Crippen molar-refractivity contribution in [1.82, 2.24) is 16.0 Å². The molecule has 0 aliphatic carbocycles. The van der Waals surface area contributed by atoms with Crippen molar-refractivity contribution in [3.8, 4) is 0 Å². The number of nitrogens with one attached hydrogen (secondary N) is 3. The Morgan fingerprint density at radius 3 is 1.36 bits per heavy atom. The predicted molar refractivity (Wildman–Crippen MR) is 314 cm³/mol. The number of unbranched alkanes of at least 4 members (excludes halogenated alkanes) is 1. The first-order valence-electron chi connectivity index (χ1n) is 30.3. The zero-order valence-electron chi connectivity index (χ0n) is 55.6. The Labute approximate surface area is 631 Å². The quantitative estimate of drug-likeness (QED) is 0.00968. The van der Waals surface area contributed by atoms with Crippen LogP contribution in [-0.2, 0) is 182 Å². The summed E-state index contributed by atoms with van der Waals surface area (Å²) in [6.07, 6.45) is -44.9. The Bertz CT molecular complexity index is 2910. The number of carboxylic acid groups (broad SMARTS) is 2. The van der Waals surface area contributed by atoms with E-state index in [4.69, 9.17) is 92.0 Å². The van der Waals surface area contributed by atoms with E-state index in [1.54, 1.807) is 11.8 Å². The molecular formula is C47H68N3O49S8-9. The predicted octanol–water partition coefficient (Wildman–Crippen LogP) is -10.3. The van der Waals surface area contributed by atoms with Crippen molar-refractivity contribution in [2.45, 2.75) is 197 Å². The van der Waals surface area contributed by atoms with Gasteiger partial charge < -0.3 is 142 Å². The molecule has 3 N–H and O–H groups in total. The number of carbonyl (C=O) groups is 4. The summed E-state index contributed by atoms with van der Waals surface area (Å²) in [5.41, 5.74) is 0. The van der Waals surface area contributed by atoms with E-state index in [2.05, 4.69) is 71.2 Å². The van der Waals surface area contributed by atoms with Crippen LogP contribution in [0.4, 0.5) is 4.79 Å². The fraction of sp³-hybridized carbons (Fsp3) is 0.915. The molecule has 52 nitrogen and oxygen atoms in total. The fourth-order valence-corrected chi connectivity index (χ4v) is 16.3. The van der Waals surface area contributed by atoms with Gasteiger partial charge >= 0.3 is 6.03 Å².